The van der Waals surface area contributed by atoms with E-state index in [-0.39, 0.29) is 0 Å². The predicted molar refractivity (Wildman–Crippen MR) is 82.5 cm³/mol. The summed E-state index contributed by atoms with van der Waals surface area (Å²) in [7, 11) is 0. The Morgan fingerprint density at radius 1 is 0.737 bits per heavy atom. The molecule has 2 N–H and O–H groups in total. The van der Waals surface area contributed by atoms with Crippen LogP contribution < -0.4 is 5.73 Å². The van der Waals surface area contributed by atoms with Crippen LogP contribution in [-0.4, -0.2) is 0 Å². The van der Waals surface area contributed by atoms with Crippen LogP contribution in [0.25, 0.3) is 21.5 Å². The van der Waals surface area contributed by atoms with Crippen molar-refractivity contribution in [2.24, 2.45) is 0 Å². The maximum absolute atomic E-state index is 6.26. The number of rotatable bonds is 0. The van der Waals surface area contributed by atoms with Crippen molar-refractivity contribution in [3.8, 4) is 0 Å². The molecule has 1 nitrogen and oxygen atoms in total. The lowest BCUT2D eigenvalue weighted by Crippen LogP contribution is -2.03. The largest absolute Gasteiger partial charge is 0.398 e. The van der Waals surface area contributed by atoms with Crippen LogP contribution >= 0.6 is 0 Å². The highest BCUT2D eigenvalue weighted by Gasteiger charge is 2.14. The number of nitrogen functional groups attached to an aromatic ring is 1. The van der Waals surface area contributed by atoms with E-state index in [1.165, 1.54) is 58.4 Å². The van der Waals surface area contributed by atoms with Gasteiger partial charge in [0.05, 0.1) is 0 Å². The Morgan fingerprint density at radius 3 is 2.37 bits per heavy atom. The molecule has 1 aliphatic carbocycles. The molecular formula is C18H17N. The third-order valence-corrected chi connectivity index (χ3v) is 4.41. The van der Waals surface area contributed by atoms with Crippen molar-refractivity contribution < 1.29 is 0 Å². The summed E-state index contributed by atoms with van der Waals surface area (Å²) in [6.07, 6.45) is 5.04. The highest BCUT2D eigenvalue weighted by atomic mass is 14.6. The van der Waals surface area contributed by atoms with Gasteiger partial charge in [0.15, 0.2) is 0 Å². The zero-order valence-electron chi connectivity index (χ0n) is 10.9. The summed E-state index contributed by atoms with van der Waals surface area (Å²) in [5.74, 6) is 0. The smallest absolute Gasteiger partial charge is 0.0400 e. The fourth-order valence-electron chi connectivity index (χ4n) is 3.46. The summed E-state index contributed by atoms with van der Waals surface area (Å²) in [5.41, 5.74) is 10.2. The molecule has 1 aliphatic rings. The number of hydrogen-bond donors (Lipinski definition) is 1. The minimum absolute atomic E-state index is 0.905. The van der Waals surface area contributed by atoms with E-state index in [1.807, 2.05) is 0 Å². The van der Waals surface area contributed by atoms with Crippen molar-refractivity contribution >= 4 is 27.2 Å². The van der Waals surface area contributed by atoms with Gasteiger partial charge in [-0.2, -0.15) is 0 Å². The summed E-state index contributed by atoms with van der Waals surface area (Å²) >= 11 is 0. The molecule has 4 rings (SSSR count). The maximum atomic E-state index is 6.26. The van der Waals surface area contributed by atoms with Crippen molar-refractivity contribution in [1.82, 2.24) is 0 Å². The molecule has 3 aromatic rings. The second kappa shape index (κ2) is 3.99. The van der Waals surface area contributed by atoms with Crippen LogP contribution in [-0.2, 0) is 12.8 Å². The fraction of sp³-hybridized carbons (Fsp3) is 0.222. The summed E-state index contributed by atoms with van der Waals surface area (Å²) < 4.78 is 0. The van der Waals surface area contributed by atoms with Crippen LogP contribution in [0.15, 0.2) is 42.5 Å². The number of nitrogens with two attached hydrogens (primary N) is 1. The van der Waals surface area contributed by atoms with E-state index in [0.29, 0.717) is 0 Å². The molecule has 0 radical (unpaired) electrons. The predicted octanol–water partition coefficient (Wildman–Crippen LogP) is 4.45. The van der Waals surface area contributed by atoms with E-state index in [4.69, 9.17) is 5.73 Å². The minimum Gasteiger partial charge on any atom is -0.398 e. The Labute approximate surface area is 113 Å². The van der Waals surface area contributed by atoms with E-state index in [2.05, 4.69) is 42.5 Å². The highest BCUT2D eigenvalue weighted by Crippen LogP contribution is 2.35. The maximum Gasteiger partial charge on any atom is 0.0400 e. The summed E-state index contributed by atoms with van der Waals surface area (Å²) in [4.78, 5) is 0. The molecule has 0 bridgehead atoms. The van der Waals surface area contributed by atoms with Crippen LogP contribution in [0.1, 0.15) is 24.0 Å². The van der Waals surface area contributed by atoms with Crippen molar-refractivity contribution in [2.75, 3.05) is 5.73 Å². The number of benzene rings is 3. The zero-order chi connectivity index (χ0) is 12.8. The molecule has 0 atom stereocenters. The lowest BCUT2D eigenvalue weighted by atomic mass is 9.86. The first kappa shape index (κ1) is 10.9. The fourth-order valence-corrected chi connectivity index (χ4v) is 3.46. The topological polar surface area (TPSA) is 26.0 Å². The van der Waals surface area contributed by atoms with Crippen LogP contribution in [0.5, 0.6) is 0 Å². The van der Waals surface area contributed by atoms with Gasteiger partial charge in [0.25, 0.3) is 0 Å². The Morgan fingerprint density at radius 2 is 1.47 bits per heavy atom. The van der Waals surface area contributed by atoms with E-state index in [9.17, 15) is 0 Å². The van der Waals surface area contributed by atoms with E-state index in [1.54, 1.807) is 0 Å². The second-order valence-electron chi connectivity index (χ2n) is 5.52. The molecule has 0 amide bonds. The number of hydrogen-bond acceptors (Lipinski definition) is 1. The summed E-state index contributed by atoms with van der Waals surface area (Å²) in [5, 5.41) is 5.18. The van der Waals surface area contributed by atoms with E-state index in [0.717, 1.165) is 5.69 Å². The van der Waals surface area contributed by atoms with Crippen LogP contribution in [0.4, 0.5) is 5.69 Å². The molecule has 94 valence electrons. The average Bonchev–Trinajstić information content (AvgIpc) is 2.47. The third-order valence-electron chi connectivity index (χ3n) is 4.41. The minimum atomic E-state index is 0.905. The summed E-state index contributed by atoms with van der Waals surface area (Å²) in [6, 6.07) is 15.2. The van der Waals surface area contributed by atoms with Gasteiger partial charge in [-0.3, -0.25) is 0 Å². The van der Waals surface area contributed by atoms with Crippen molar-refractivity contribution in [3.63, 3.8) is 0 Å². The highest BCUT2D eigenvalue weighted by molar-refractivity contribution is 6.13. The normalized spacial score (nSPS) is 14.7. The molecular weight excluding hydrogens is 230 g/mol. The number of anilines is 1. The lowest BCUT2D eigenvalue weighted by Gasteiger charge is -2.19. The van der Waals surface area contributed by atoms with Crippen molar-refractivity contribution in [3.05, 3.63) is 53.6 Å². The van der Waals surface area contributed by atoms with Gasteiger partial charge >= 0.3 is 0 Å². The molecule has 1 heteroatoms. The van der Waals surface area contributed by atoms with Gasteiger partial charge in [0, 0.05) is 11.1 Å². The van der Waals surface area contributed by atoms with E-state index < -0.39 is 0 Å². The van der Waals surface area contributed by atoms with Gasteiger partial charge in [-0.25, -0.2) is 0 Å². The molecule has 0 saturated carbocycles. The third kappa shape index (κ3) is 1.54. The molecule has 0 saturated heterocycles. The molecule has 0 spiro atoms. The van der Waals surface area contributed by atoms with Crippen LogP contribution in [0, 0.1) is 0 Å². The van der Waals surface area contributed by atoms with Crippen molar-refractivity contribution in [2.45, 2.75) is 25.7 Å². The van der Waals surface area contributed by atoms with Gasteiger partial charge in [0.2, 0.25) is 0 Å². The molecule has 0 aromatic heterocycles. The van der Waals surface area contributed by atoms with E-state index >= 15 is 0 Å². The van der Waals surface area contributed by atoms with Crippen LogP contribution in [0.3, 0.4) is 0 Å². The van der Waals surface area contributed by atoms with Gasteiger partial charge in [-0.1, -0.05) is 36.4 Å². The Hall–Kier alpha value is -2.02. The Kier molecular flexibility index (Phi) is 2.28. The number of aryl methyl sites for hydroxylation is 2. The van der Waals surface area contributed by atoms with Gasteiger partial charge in [-0.05, 0) is 59.0 Å². The first-order valence-corrected chi connectivity index (χ1v) is 7.06. The molecule has 0 heterocycles. The number of fused-ring (bicyclic) bond motifs is 5. The van der Waals surface area contributed by atoms with Crippen LogP contribution in [0.2, 0.25) is 0 Å². The standard InChI is InChI=1S/C18H17N/c19-18-11-17-13-6-2-1-5-12(13)9-10-15(17)14-7-3-4-8-16(14)18/h3-4,7-11H,1-2,5-6,19H2. The first-order valence-electron chi connectivity index (χ1n) is 7.06. The monoisotopic (exact) mass is 247 g/mol. The van der Waals surface area contributed by atoms with Crippen molar-refractivity contribution in [1.29, 1.82) is 0 Å². The van der Waals surface area contributed by atoms with Gasteiger partial charge in [-0.15, -0.1) is 0 Å². The molecule has 3 aromatic carbocycles. The second-order valence-corrected chi connectivity index (χ2v) is 5.52. The quantitative estimate of drug-likeness (QED) is 0.461. The SMILES string of the molecule is Nc1cc2c3c(ccc2c2ccccc12)CCCC3. The molecule has 0 fully saturated rings. The molecule has 19 heavy (non-hydrogen) atoms. The van der Waals surface area contributed by atoms with Gasteiger partial charge < -0.3 is 5.73 Å². The summed E-state index contributed by atoms with van der Waals surface area (Å²) in [6.45, 7) is 0. The van der Waals surface area contributed by atoms with Gasteiger partial charge in [0.1, 0.15) is 0 Å². The molecule has 0 unspecified atom stereocenters. The Bertz CT molecular complexity index is 786. The lowest BCUT2D eigenvalue weighted by molar-refractivity contribution is 0.690. The zero-order valence-corrected chi connectivity index (χ0v) is 10.9. The Balaban J connectivity index is 2.19. The average molecular weight is 247 g/mol. The molecule has 0 aliphatic heterocycles. The first-order chi connectivity index (χ1) is 9.34.